The molecule has 6 nitrogen and oxygen atoms in total. The Bertz CT molecular complexity index is 656. The van der Waals surface area contributed by atoms with Gasteiger partial charge in [0.1, 0.15) is 6.26 Å². The summed E-state index contributed by atoms with van der Waals surface area (Å²) in [5.74, 6) is -0.737. The van der Waals surface area contributed by atoms with Gasteiger partial charge in [-0.2, -0.15) is 0 Å². The van der Waals surface area contributed by atoms with Crippen LogP contribution in [0, 0.1) is 5.92 Å². The van der Waals surface area contributed by atoms with E-state index in [1.807, 2.05) is 0 Å². The molecule has 1 aromatic carbocycles. The van der Waals surface area contributed by atoms with Crippen LogP contribution in [0.2, 0.25) is 0 Å². The molecule has 0 saturated carbocycles. The van der Waals surface area contributed by atoms with Crippen LogP contribution in [0.1, 0.15) is 24.2 Å². The quantitative estimate of drug-likeness (QED) is 0.781. The van der Waals surface area contributed by atoms with Gasteiger partial charge in [-0.1, -0.05) is 13.0 Å². The van der Waals surface area contributed by atoms with Crippen LogP contribution in [0.15, 0.2) is 47.3 Å². The van der Waals surface area contributed by atoms with Gasteiger partial charge >= 0.3 is 0 Å². The number of hydrogen-bond donors (Lipinski definition) is 3. The highest BCUT2D eigenvalue weighted by Crippen LogP contribution is 2.17. The summed E-state index contributed by atoms with van der Waals surface area (Å²) in [6, 6.07) is 8.26. The Morgan fingerprint density at radius 3 is 2.35 bits per heavy atom. The lowest BCUT2D eigenvalue weighted by Crippen LogP contribution is -2.34. The Morgan fingerprint density at radius 1 is 1.13 bits per heavy atom. The number of halogens is 1. The number of nitrogens with one attached hydrogen (secondary N) is 2. The Hall–Kier alpha value is -2.31. The van der Waals surface area contributed by atoms with E-state index in [4.69, 9.17) is 10.2 Å². The standard InChI is InChI=1S/C16H19N3O3.ClH/c1-10(11(2)17)15(20)18-13-4-3-5-14(8-13)19-16(21)12-6-7-22-9-12;/h3-11H,17H2,1-2H3,(H,18,20)(H,19,21);1H. The van der Waals surface area contributed by atoms with Crippen molar-refractivity contribution in [2.24, 2.45) is 11.7 Å². The summed E-state index contributed by atoms with van der Waals surface area (Å²) in [6.07, 6.45) is 2.80. The molecule has 4 N–H and O–H groups in total. The number of benzene rings is 1. The zero-order valence-electron chi connectivity index (χ0n) is 12.9. The van der Waals surface area contributed by atoms with E-state index in [0.29, 0.717) is 16.9 Å². The maximum atomic E-state index is 12.0. The lowest BCUT2D eigenvalue weighted by molar-refractivity contribution is -0.119. The summed E-state index contributed by atoms with van der Waals surface area (Å²) in [5, 5.41) is 5.52. The van der Waals surface area contributed by atoms with Crippen LogP contribution in [-0.2, 0) is 4.79 Å². The van der Waals surface area contributed by atoms with Crippen LogP contribution < -0.4 is 16.4 Å². The van der Waals surface area contributed by atoms with E-state index in [1.165, 1.54) is 12.5 Å². The van der Waals surface area contributed by atoms with Gasteiger partial charge in [-0.05, 0) is 31.2 Å². The van der Waals surface area contributed by atoms with E-state index in [0.717, 1.165) is 0 Å². The number of anilines is 2. The first-order valence-electron chi connectivity index (χ1n) is 6.97. The number of hydrogen-bond acceptors (Lipinski definition) is 4. The van der Waals surface area contributed by atoms with Crippen molar-refractivity contribution in [2.45, 2.75) is 19.9 Å². The summed E-state index contributed by atoms with van der Waals surface area (Å²) in [7, 11) is 0. The summed E-state index contributed by atoms with van der Waals surface area (Å²) >= 11 is 0. The molecule has 0 aliphatic rings. The van der Waals surface area contributed by atoms with E-state index in [-0.39, 0.29) is 36.2 Å². The lowest BCUT2D eigenvalue weighted by Gasteiger charge is -2.15. The van der Waals surface area contributed by atoms with Crippen molar-refractivity contribution in [3.8, 4) is 0 Å². The summed E-state index contributed by atoms with van der Waals surface area (Å²) in [5.41, 5.74) is 7.32. The highest BCUT2D eigenvalue weighted by molar-refractivity contribution is 6.04. The minimum Gasteiger partial charge on any atom is -0.472 e. The summed E-state index contributed by atoms with van der Waals surface area (Å²) in [6.45, 7) is 3.55. The molecule has 2 amide bonds. The van der Waals surface area contributed by atoms with Crippen LogP contribution in [0.25, 0.3) is 0 Å². The van der Waals surface area contributed by atoms with Crippen LogP contribution in [0.4, 0.5) is 11.4 Å². The maximum Gasteiger partial charge on any atom is 0.258 e. The molecule has 0 radical (unpaired) electrons. The monoisotopic (exact) mass is 337 g/mol. The Balaban J connectivity index is 0.00000264. The van der Waals surface area contributed by atoms with Gasteiger partial charge < -0.3 is 20.8 Å². The third kappa shape index (κ3) is 5.12. The largest absolute Gasteiger partial charge is 0.472 e. The second kappa shape index (κ2) is 8.36. The van der Waals surface area contributed by atoms with Crippen LogP contribution in [-0.4, -0.2) is 17.9 Å². The van der Waals surface area contributed by atoms with Crippen molar-refractivity contribution in [2.75, 3.05) is 10.6 Å². The Kier molecular flexibility index (Phi) is 6.81. The normalized spacial score (nSPS) is 12.7. The van der Waals surface area contributed by atoms with Crippen molar-refractivity contribution < 1.29 is 14.0 Å². The lowest BCUT2D eigenvalue weighted by atomic mass is 10.0. The van der Waals surface area contributed by atoms with Crippen molar-refractivity contribution >= 4 is 35.6 Å². The molecule has 0 spiro atoms. The topological polar surface area (TPSA) is 97.4 Å². The number of carbonyl (C=O) groups is 2. The Morgan fingerprint density at radius 2 is 1.78 bits per heavy atom. The molecule has 0 fully saturated rings. The molecule has 23 heavy (non-hydrogen) atoms. The molecule has 0 aliphatic heterocycles. The molecule has 2 unspecified atom stereocenters. The molecular weight excluding hydrogens is 318 g/mol. The van der Waals surface area contributed by atoms with Gasteiger partial charge in [0.2, 0.25) is 5.91 Å². The molecule has 2 rings (SSSR count). The van der Waals surface area contributed by atoms with Gasteiger partial charge in [0, 0.05) is 17.4 Å². The number of nitrogens with two attached hydrogens (primary N) is 1. The number of furan rings is 1. The van der Waals surface area contributed by atoms with Gasteiger partial charge in [0.05, 0.1) is 17.7 Å². The van der Waals surface area contributed by atoms with E-state index in [2.05, 4.69) is 10.6 Å². The third-order valence-electron chi connectivity index (χ3n) is 3.37. The van der Waals surface area contributed by atoms with Crippen molar-refractivity contribution in [3.05, 3.63) is 48.4 Å². The minimum absolute atomic E-state index is 0. The molecule has 0 saturated heterocycles. The smallest absolute Gasteiger partial charge is 0.258 e. The fourth-order valence-electron chi connectivity index (χ4n) is 1.77. The molecule has 1 heterocycles. The molecule has 7 heteroatoms. The number of rotatable bonds is 5. The van der Waals surface area contributed by atoms with Gasteiger partial charge in [0.15, 0.2) is 0 Å². The fraction of sp³-hybridized carbons (Fsp3) is 0.250. The zero-order chi connectivity index (χ0) is 16.1. The average molecular weight is 338 g/mol. The molecule has 2 atom stereocenters. The summed E-state index contributed by atoms with van der Waals surface area (Å²) in [4.78, 5) is 23.9. The van der Waals surface area contributed by atoms with E-state index < -0.39 is 0 Å². The first-order valence-corrected chi connectivity index (χ1v) is 6.97. The molecular formula is C16H20ClN3O3. The van der Waals surface area contributed by atoms with Crippen LogP contribution in [0.3, 0.4) is 0 Å². The zero-order valence-corrected chi connectivity index (χ0v) is 13.7. The molecule has 124 valence electrons. The van der Waals surface area contributed by atoms with E-state index >= 15 is 0 Å². The average Bonchev–Trinajstić information content (AvgIpc) is 3.01. The van der Waals surface area contributed by atoms with Crippen molar-refractivity contribution in [1.82, 2.24) is 0 Å². The molecule has 0 bridgehead atoms. The van der Waals surface area contributed by atoms with Gasteiger partial charge in [0.25, 0.3) is 5.91 Å². The first kappa shape index (κ1) is 18.7. The predicted octanol–water partition coefficient (Wildman–Crippen LogP) is 2.88. The predicted molar refractivity (Wildman–Crippen MR) is 91.8 cm³/mol. The molecule has 0 aliphatic carbocycles. The van der Waals surface area contributed by atoms with Crippen molar-refractivity contribution in [1.29, 1.82) is 0 Å². The van der Waals surface area contributed by atoms with E-state index in [1.54, 1.807) is 44.2 Å². The van der Waals surface area contributed by atoms with Gasteiger partial charge in [-0.25, -0.2) is 0 Å². The van der Waals surface area contributed by atoms with Crippen LogP contribution in [0.5, 0.6) is 0 Å². The van der Waals surface area contributed by atoms with Crippen molar-refractivity contribution in [3.63, 3.8) is 0 Å². The van der Waals surface area contributed by atoms with Gasteiger partial charge in [-0.3, -0.25) is 9.59 Å². The second-order valence-electron chi connectivity index (χ2n) is 5.18. The molecule has 2 aromatic rings. The highest BCUT2D eigenvalue weighted by Gasteiger charge is 2.17. The minimum atomic E-state index is -0.302. The van der Waals surface area contributed by atoms with Gasteiger partial charge in [-0.15, -0.1) is 12.4 Å². The van der Waals surface area contributed by atoms with E-state index in [9.17, 15) is 9.59 Å². The number of amides is 2. The summed E-state index contributed by atoms with van der Waals surface area (Å²) < 4.78 is 4.87. The number of carbonyl (C=O) groups excluding carboxylic acids is 2. The highest BCUT2D eigenvalue weighted by atomic mass is 35.5. The fourth-order valence-corrected chi connectivity index (χ4v) is 1.77. The first-order chi connectivity index (χ1) is 10.5. The SMILES string of the molecule is CC(N)C(C)C(=O)Nc1cccc(NC(=O)c2ccoc2)c1.Cl. The second-order valence-corrected chi connectivity index (χ2v) is 5.18. The third-order valence-corrected chi connectivity index (χ3v) is 3.37. The van der Waals surface area contributed by atoms with Crippen LogP contribution >= 0.6 is 12.4 Å². The maximum absolute atomic E-state index is 12.0. The molecule has 1 aromatic heterocycles. The Labute approximate surface area is 140 Å².